The molecular weight excluding hydrogens is 383 g/mol. The van der Waals surface area contributed by atoms with Gasteiger partial charge in [-0.1, -0.05) is 29.3 Å². The molecule has 9 heteroatoms. The van der Waals surface area contributed by atoms with Gasteiger partial charge in [0.05, 0.1) is 29.9 Å². The van der Waals surface area contributed by atoms with Crippen molar-refractivity contribution >= 4 is 46.7 Å². The average Bonchev–Trinajstić information content (AvgIpc) is 2.61. The molecule has 0 saturated heterocycles. The van der Waals surface area contributed by atoms with E-state index in [1.807, 2.05) is 0 Å². The summed E-state index contributed by atoms with van der Waals surface area (Å²) >= 11 is 11.7. The molecule has 7 nitrogen and oxygen atoms in total. The summed E-state index contributed by atoms with van der Waals surface area (Å²) in [4.78, 5) is 35.6. The first kappa shape index (κ1) is 19.6. The molecule has 0 saturated carbocycles. The van der Waals surface area contributed by atoms with Gasteiger partial charge in [-0.15, -0.1) is 0 Å². The van der Waals surface area contributed by atoms with E-state index in [0.29, 0.717) is 5.02 Å². The molecule has 0 heterocycles. The number of benzene rings is 2. The molecule has 0 unspecified atom stereocenters. The minimum Gasteiger partial charge on any atom is -0.505 e. The topological polar surface area (TPSA) is 105 Å². The van der Waals surface area contributed by atoms with E-state index in [9.17, 15) is 19.5 Å². The summed E-state index contributed by atoms with van der Waals surface area (Å²) < 4.78 is 4.53. The molecule has 0 atom stereocenters. The second-order valence-corrected chi connectivity index (χ2v) is 5.89. The second kappa shape index (κ2) is 8.55. The average molecular weight is 397 g/mol. The maximum atomic E-state index is 12.1. The number of esters is 1. The van der Waals surface area contributed by atoms with Gasteiger partial charge in [0.2, 0.25) is 5.91 Å². The van der Waals surface area contributed by atoms with Crippen LogP contribution in [-0.4, -0.2) is 36.5 Å². The van der Waals surface area contributed by atoms with Crippen molar-refractivity contribution in [2.24, 2.45) is 0 Å². The van der Waals surface area contributed by atoms with Crippen LogP contribution in [0.5, 0.6) is 5.75 Å². The fourth-order valence-electron chi connectivity index (χ4n) is 2.04. The predicted octanol–water partition coefficient (Wildman–Crippen LogP) is 2.85. The van der Waals surface area contributed by atoms with E-state index in [1.54, 1.807) is 0 Å². The quantitative estimate of drug-likeness (QED) is 0.532. The highest BCUT2D eigenvalue weighted by Gasteiger charge is 2.17. The van der Waals surface area contributed by atoms with Gasteiger partial charge in [-0.3, -0.25) is 9.59 Å². The molecular formula is C17H14Cl2N2O5. The first-order valence-electron chi connectivity index (χ1n) is 7.27. The number of halogens is 2. The van der Waals surface area contributed by atoms with Crippen LogP contribution in [0.4, 0.5) is 5.69 Å². The van der Waals surface area contributed by atoms with Crippen molar-refractivity contribution in [3.05, 3.63) is 57.6 Å². The van der Waals surface area contributed by atoms with E-state index in [0.717, 1.165) is 0 Å². The van der Waals surface area contributed by atoms with Gasteiger partial charge in [-0.25, -0.2) is 4.79 Å². The fourth-order valence-corrected chi connectivity index (χ4v) is 2.54. The van der Waals surface area contributed by atoms with Crippen LogP contribution < -0.4 is 10.6 Å². The lowest BCUT2D eigenvalue weighted by Crippen LogP contribution is -2.33. The number of aromatic hydroxyl groups is 1. The monoisotopic (exact) mass is 396 g/mol. The zero-order valence-corrected chi connectivity index (χ0v) is 15.0. The molecule has 0 radical (unpaired) electrons. The van der Waals surface area contributed by atoms with Gasteiger partial charge in [0.25, 0.3) is 5.91 Å². The van der Waals surface area contributed by atoms with Crippen LogP contribution in [-0.2, 0) is 9.53 Å². The third-order valence-corrected chi connectivity index (χ3v) is 3.85. The number of hydrogen-bond acceptors (Lipinski definition) is 5. The van der Waals surface area contributed by atoms with E-state index >= 15 is 0 Å². The van der Waals surface area contributed by atoms with Crippen LogP contribution in [0.1, 0.15) is 20.7 Å². The number of carbonyl (C=O) groups excluding carboxylic acids is 3. The first-order valence-corrected chi connectivity index (χ1v) is 8.02. The summed E-state index contributed by atoms with van der Waals surface area (Å²) in [7, 11) is 1.17. The van der Waals surface area contributed by atoms with Crippen molar-refractivity contribution in [3.8, 4) is 5.75 Å². The molecule has 0 fully saturated rings. The number of amides is 2. The number of ether oxygens (including phenoxy) is 1. The van der Waals surface area contributed by atoms with E-state index in [2.05, 4.69) is 15.4 Å². The molecule has 0 aliphatic heterocycles. The van der Waals surface area contributed by atoms with Crippen molar-refractivity contribution < 1.29 is 24.2 Å². The lowest BCUT2D eigenvalue weighted by Gasteiger charge is -2.11. The number of nitrogens with one attached hydrogen (secondary N) is 2. The van der Waals surface area contributed by atoms with E-state index < -0.39 is 23.5 Å². The lowest BCUT2D eigenvalue weighted by molar-refractivity contribution is -0.115. The Balaban J connectivity index is 2.01. The molecule has 0 aliphatic carbocycles. The van der Waals surface area contributed by atoms with E-state index in [1.165, 1.54) is 43.5 Å². The van der Waals surface area contributed by atoms with E-state index in [4.69, 9.17) is 23.2 Å². The zero-order valence-electron chi connectivity index (χ0n) is 13.5. The molecule has 2 aromatic carbocycles. The van der Waals surface area contributed by atoms with Crippen LogP contribution in [0.3, 0.4) is 0 Å². The van der Waals surface area contributed by atoms with Crippen LogP contribution >= 0.6 is 23.2 Å². The van der Waals surface area contributed by atoms with Crippen LogP contribution in [0.15, 0.2) is 36.4 Å². The minimum atomic E-state index is -0.746. The summed E-state index contributed by atoms with van der Waals surface area (Å²) in [5.74, 6) is -2.35. The normalized spacial score (nSPS) is 10.1. The van der Waals surface area contributed by atoms with Gasteiger partial charge in [0, 0.05) is 5.02 Å². The van der Waals surface area contributed by atoms with Crippen molar-refractivity contribution in [2.75, 3.05) is 19.0 Å². The van der Waals surface area contributed by atoms with Crippen LogP contribution in [0.25, 0.3) is 0 Å². The summed E-state index contributed by atoms with van der Waals surface area (Å²) in [6.07, 6.45) is 0. The summed E-state index contributed by atoms with van der Waals surface area (Å²) in [6.45, 7) is -0.375. The minimum absolute atomic E-state index is 0.0108. The van der Waals surface area contributed by atoms with Crippen molar-refractivity contribution in [1.82, 2.24) is 5.32 Å². The number of phenols is 1. The number of hydrogen-bond donors (Lipinski definition) is 3. The molecule has 0 aromatic heterocycles. The molecule has 0 bridgehead atoms. The van der Waals surface area contributed by atoms with Gasteiger partial charge in [-0.05, 0) is 30.3 Å². The van der Waals surface area contributed by atoms with Gasteiger partial charge in [0.1, 0.15) is 5.56 Å². The second-order valence-electron chi connectivity index (χ2n) is 5.05. The molecule has 0 aliphatic rings. The molecule has 2 rings (SSSR count). The largest absolute Gasteiger partial charge is 0.505 e. The molecule has 136 valence electrons. The Morgan fingerprint density at radius 3 is 2.50 bits per heavy atom. The van der Waals surface area contributed by atoms with Crippen molar-refractivity contribution in [2.45, 2.75) is 0 Å². The Morgan fingerprint density at radius 1 is 1.12 bits per heavy atom. The van der Waals surface area contributed by atoms with Gasteiger partial charge >= 0.3 is 5.97 Å². The standard InChI is InChI=1S/C17H14Cl2N2O5/c1-26-17(25)11-3-2-4-13(15(11)23)21-14(22)8-20-16(24)10-6-5-9(18)7-12(10)19/h2-7,23H,8H2,1H3,(H,20,24)(H,21,22). The number of methoxy groups -OCH3 is 1. The number of rotatable bonds is 5. The van der Waals surface area contributed by atoms with E-state index in [-0.39, 0.29) is 28.4 Å². The third-order valence-electron chi connectivity index (χ3n) is 3.30. The fraction of sp³-hybridized carbons (Fsp3) is 0.118. The Hall–Kier alpha value is -2.77. The van der Waals surface area contributed by atoms with Gasteiger partial charge < -0.3 is 20.5 Å². The predicted molar refractivity (Wildman–Crippen MR) is 96.9 cm³/mol. The number of para-hydroxylation sites is 1. The highest BCUT2D eigenvalue weighted by molar-refractivity contribution is 6.36. The molecule has 26 heavy (non-hydrogen) atoms. The first-order chi connectivity index (χ1) is 12.3. The highest BCUT2D eigenvalue weighted by atomic mass is 35.5. The smallest absolute Gasteiger partial charge is 0.341 e. The summed E-state index contributed by atoms with van der Waals surface area (Å²) in [6, 6.07) is 8.56. The maximum Gasteiger partial charge on any atom is 0.341 e. The number of phenolic OH excluding ortho intramolecular Hbond substituents is 1. The Labute approximate surface area is 158 Å². The zero-order chi connectivity index (χ0) is 19.3. The molecule has 0 spiro atoms. The van der Waals surface area contributed by atoms with Crippen LogP contribution in [0, 0.1) is 0 Å². The number of carbonyl (C=O) groups is 3. The highest BCUT2D eigenvalue weighted by Crippen LogP contribution is 2.27. The SMILES string of the molecule is COC(=O)c1cccc(NC(=O)CNC(=O)c2ccc(Cl)cc2Cl)c1O. The maximum absolute atomic E-state index is 12.1. The lowest BCUT2D eigenvalue weighted by atomic mass is 10.1. The molecule has 2 aromatic rings. The Kier molecular flexibility index (Phi) is 6.43. The molecule has 2 amide bonds. The third kappa shape index (κ3) is 4.65. The Morgan fingerprint density at radius 2 is 1.85 bits per heavy atom. The van der Waals surface area contributed by atoms with Gasteiger partial charge in [0.15, 0.2) is 5.75 Å². The van der Waals surface area contributed by atoms with Crippen molar-refractivity contribution in [3.63, 3.8) is 0 Å². The molecule has 3 N–H and O–H groups in total. The van der Waals surface area contributed by atoms with Crippen LogP contribution in [0.2, 0.25) is 10.0 Å². The number of anilines is 1. The summed E-state index contributed by atoms with van der Waals surface area (Å²) in [5.41, 5.74) is 0.0818. The van der Waals surface area contributed by atoms with Crippen molar-refractivity contribution in [1.29, 1.82) is 0 Å². The summed E-state index contributed by atoms with van der Waals surface area (Å²) in [5, 5.41) is 15.3. The van der Waals surface area contributed by atoms with Gasteiger partial charge in [-0.2, -0.15) is 0 Å². The Bertz CT molecular complexity index is 870.